The minimum Gasteiger partial charge on any atom is -0.383 e. The fraction of sp³-hybridized carbons (Fsp3) is 0.600. The number of nitrogen functional groups attached to an aromatic ring is 1. The van der Waals surface area contributed by atoms with Gasteiger partial charge in [0.15, 0.2) is 9.84 Å². The van der Waals surface area contributed by atoms with Crippen LogP contribution in [0.25, 0.3) is 0 Å². The number of anilines is 2. The van der Waals surface area contributed by atoms with E-state index in [1.165, 1.54) is 12.6 Å². The standard InChI is InChI=1S/C10H16N4O2S2/c1-7-9(11)12-6-13-10(7)14-3-4-17-5-8(14)18(2,15)16/h6,8H,3-5H2,1-2H3,(H2,11,12,13). The molecule has 1 saturated heterocycles. The van der Waals surface area contributed by atoms with Crippen LogP contribution in [-0.2, 0) is 9.84 Å². The van der Waals surface area contributed by atoms with Crippen molar-refractivity contribution in [2.45, 2.75) is 12.3 Å². The molecule has 18 heavy (non-hydrogen) atoms. The van der Waals surface area contributed by atoms with Gasteiger partial charge in [0.25, 0.3) is 0 Å². The number of sulfone groups is 1. The van der Waals surface area contributed by atoms with E-state index in [4.69, 9.17) is 5.73 Å². The first-order valence-electron chi connectivity index (χ1n) is 5.51. The molecule has 0 aromatic carbocycles. The van der Waals surface area contributed by atoms with Crippen LogP contribution in [-0.4, -0.2) is 48.1 Å². The second kappa shape index (κ2) is 4.93. The van der Waals surface area contributed by atoms with Crippen LogP contribution in [0.1, 0.15) is 5.56 Å². The van der Waals surface area contributed by atoms with E-state index in [-0.39, 0.29) is 0 Å². The minimum atomic E-state index is -3.15. The molecule has 0 spiro atoms. The van der Waals surface area contributed by atoms with Crippen molar-refractivity contribution in [2.24, 2.45) is 0 Å². The molecule has 0 radical (unpaired) electrons. The van der Waals surface area contributed by atoms with Crippen LogP contribution in [0, 0.1) is 6.92 Å². The minimum absolute atomic E-state index is 0.394. The Hall–Kier alpha value is -1.02. The highest BCUT2D eigenvalue weighted by Gasteiger charge is 2.32. The number of hydrogen-bond donors (Lipinski definition) is 1. The Morgan fingerprint density at radius 3 is 2.89 bits per heavy atom. The molecule has 2 rings (SSSR count). The van der Waals surface area contributed by atoms with Crippen LogP contribution in [0.3, 0.4) is 0 Å². The number of rotatable bonds is 2. The predicted molar refractivity (Wildman–Crippen MR) is 74.5 cm³/mol. The van der Waals surface area contributed by atoms with E-state index in [1.807, 2.05) is 11.8 Å². The van der Waals surface area contributed by atoms with Crippen molar-refractivity contribution in [3.63, 3.8) is 0 Å². The highest BCUT2D eigenvalue weighted by Crippen LogP contribution is 2.28. The second-order valence-corrected chi connectivity index (χ2v) is 7.61. The van der Waals surface area contributed by atoms with Gasteiger partial charge in [0.1, 0.15) is 23.3 Å². The number of nitrogens with zero attached hydrogens (tertiary/aromatic N) is 3. The van der Waals surface area contributed by atoms with Crippen molar-refractivity contribution in [3.8, 4) is 0 Å². The number of nitrogens with two attached hydrogens (primary N) is 1. The molecule has 0 amide bonds. The first-order chi connectivity index (χ1) is 8.41. The maximum atomic E-state index is 11.8. The topological polar surface area (TPSA) is 89.2 Å². The largest absolute Gasteiger partial charge is 0.383 e. The number of thioether (sulfide) groups is 1. The third-order valence-corrected chi connectivity index (χ3v) is 5.59. The third-order valence-electron chi connectivity index (χ3n) is 2.95. The summed E-state index contributed by atoms with van der Waals surface area (Å²) >= 11 is 1.64. The predicted octanol–water partition coefficient (Wildman–Crippen LogP) is 0.291. The lowest BCUT2D eigenvalue weighted by atomic mass is 10.3. The molecule has 6 nitrogen and oxygen atoms in total. The van der Waals surface area contributed by atoms with Gasteiger partial charge in [0.2, 0.25) is 0 Å². The lowest BCUT2D eigenvalue weighted by Gasteiger charge is -2.35. The van der Waals surface area contributed by atoms with Crippen molar-refractivity contribution in [2.75, 3.05) is 34.9 Å². The number of hydrogen-bond acceptors (Lipinski definition) is 7. The Morgan fingerprint density at radius 1 is 1.50 bits per heavy atom. The van der Waals surface area contributed by atoms with Gasteiger partial charge in [-0.15, -0.1) is 0 Å². The first kappa shape index (κ1) is 13.4. The van der Waals surface area contributed by atoms with Crippen molar-refractivity contribution in [1.82, 2.24) is 9.97 Å². The second-order valence-electron chi connectivity index (χ2n) is 4.26. The molecule has 100 valence electrons. The molecule has 2 N–H and O–H groups in total. The maximum Gasteiger partial charge on any atom is 0.169 e. The Bertz CT molecular complexity index is 547. The Labute approximate surface area is 111 Å². The summed E-state index contributed by atoms with van der Waals surface area (Å²) < 4.78 is 23.7. The Balaban J connectivity index is 2.43. The molecule has 0 bridgehead atoms. The van der Waals surface area contributed by atoms with E-state index in [0.717, 1.165) is 11.3 Å². The zero-order valence-corrected chi connectivity index (χ0v) is 12.0. The molecule has 1 atom stereocenters. The average molecular weight is 288 g/mol. The lowest BCUT2D eigenvalue weighted by molar-refractivity contribution is 0.583. The highest BCUT2D eigenvalue weighted by molar-refractivity contribution is 8.01. The third kappa shape index (κ3) is 2.54. The maximum absolute atomic E-state index is 11.8. The summed E-state index contributed by atoms with van der Waals surface area (Å²) in [7, 11) is -3.15. The molecule has 0 saturated carbocycles. The summed E-state index contributed by atoms with van der Waals surface area (Å²) in [6, 6.07) is 0. The summed E-state index contributed by atoms with van der Waals surface area (Å²) in [4.78, 5) is 9.91. The van der Waals surface area contributed by atoms with Gasteiger partial charge in [-0.25, -0.2) is 18.4 Å². The van der Waals surface area contributed by atoms with E-state index in [0.29, 0.717) is 23.9 Å². The SMILES string of the molecule is Cc1c(N)ncnc1N1CCSCC1S(C)(=O)=O. The molecule has 1 aliphatic rings. The molecule has 0 aliphatic carbocycles. The van der Waals surface area contributed by atoms with Crippen LogP contribution < -0.4 is 10.6 Å². The monoisotopic (exact) mass is 288 g/mol. The van der Waals surface area contributed by atoms with Gasteiger partial charge in [-0.05, 0) is 6.92 Å². The van der Waals surface area contributed by atoms with Gasteiger partial charge in [-0.1, -0.05) is 0 Å². The molecular formula is C10H16N4O2S2. The van der Waals surface area contributed by atoms with Crippen LogP contribution in [0.2, 0.25) is 0 Å². The van der Waals surface area contributed by atoms with Crippen LogP contribution in [0.5, 0.6) is 0 Å². The Morgan fingerprint density at radius 2 is 2.22 bits per heavy atom. The smallest absolute Gasteiger partial charge is 0.169 e. The summed E-state index contributed by atoms with van der Waals surface area (Å²) in [6.07, 6.45) is 2.63. The lowest BCUT2D eigenvalue weighted by Crippen LogP contribution is -2.47. The normalized spacial score (nSPS) is 21.0. The van der Waals surface area contributed by atoms with E-state index in [2.05, 4.69) is 9.97 Å². The van der Waals surface area contributed by atoms with E-state index in [1.54, 1.807) is 11.8 Å². The molecule has 1 fully saturated rings. The first-order valence-corrected chi connectivity index (χ1v) is 8.62. The van der Waals surface area contributed by atoms with Crippen LogP contribution in [0.4, 0.5) is 11.6 Å². The summed E-state index contributed by atoms with van der Waals surface area (Å²) in [6.45, 7) is 2.46. The molecule has 1 aromatic rings. The van der Waals surface area contributed by atoms with E-state index in [9.17, 15) is 8.42 Å². The van der Waals surface area contributed by atoms with E-state index >= 15 is 0 Å². The van der Waals surface area contributed by atoms with Crippen LogP contribution >= 0.6 is 11.8 Å². The van der Waals surface area contributed by atoms with Crippen molar-refractivity contribution in [1.29, 1.82) is 0 Å². The van der Waals surface area contributed by atoms with Gasteiger partial charge in [-0.2, -0.15) is 11.8 Å². The van der Waals surface area contributed by atoms with Crippen molar-refractivity contribution >= 4 is 33.2 Å². The molecule has 8 heteroatoms. The average Bonchev–Trinajstić information content (AvgIpc) is 2.32. The zero-order chi connectivity index (χ0) is 13.3. The fourth-order valence-electron chi connectivity index (χ4n) is 1.92. The van der Waals surface area contributed by atoms with Gasteiger partial charge < -0.3 is 10.6 Å². The molecular weight excluding hydrogens is 272 g/mol. The van der Waals surface area contributed by atoms with E-state index < -0.39 is 15.2 Å². The quantitative estimate of drug-likeness (QED) is 0.836. The van der Waals surface area contributed by atoms with Crippen LogP contribution in [0.15, 0.2) is 6.33 Å². The molecule has 1 aromatic heterocycles. The summed E-state index contributed by atoms with van der Waals surface area (Å²) in [5, 5.41) is -0.538. The van der Waals surface area contributed by atoms with Crippen molar-refractivity contribution in [3.05, 3.63) is 11.9 Å². The van der Waals surface area contributed by atoms with Gasteiger partial charge in [0.05, 0.1) is 0 Å². The van der Waals surface area contributed by atoms with Gasteiger partial charge in [0, 0.05) is 29.9 Å². The molecule has 1 aliphatic heterocycles. The number of aromatic nitrogens is 2. The summed E-state index contributed by atoms with van der Waals surface area (Å²) in [5.41, 5.74) is 6.48. The zero-order valence-electron chi connectivity index (χ0n) is 10.3. The molecule has 2 heterocycles. The van der Waals surface area contributed by atoms with Gasteiger partial charge >= 0.3 is 0 Å². The Kier molecular flexibility index (Phi) is 3.67. The molecule has 1 unspecified atom stereocenters. The van der Waals surface area contributed by atoms with Gasteiger partial charge in [-0.3, -0.25) is 0 Å². The fourth-order valence-corrected chi connectivity index (χ4v) is 4.74. The highest BCUT2D eigenvalue weighted by atomic mass is 32.2. The summed E-state index contributed by atoms with van der Waals surface area (Å²) in [5.74, 6) is 2.46. The van der Waals surface area contributed by atoms with Crippen molar-refractivity contribution < 1.29 is 8.42 Å².